The van der Waals surface area contributed by atoms with Crippen molar-refractivity contribution in [3.8, 4) is 22.5 Å². The van der Waals surface area contributed by atoms with Gasteiger partial charge in [0.15, 0.2) is 0 Å². The van der Waals surface area contributed by atoms with Crippen molar-refractivity contribution in [3.63, 3.8) is 0 Å². The van der Waals surface area contributed by atoms with Crippen molar-refractivity contribution in [3.05, 3.63) is 95.6 Å². The van der Waals surface area contributed by atoms with Gasteiger partial charge in [-0.15, -0.1) is 0 Å². The highest BCUT2D eigenvalue weighted by molar-refractivity contribution is 5.92. The highest BCUT2D eigenvalue weighted by atomic mass is 16.2. The van der Waals surface area contributed by atoms with Gasteiger partial charge in [0, 0.05) is 16.8 Å². The summed E-state index contributed by atoms with van der Waals surface area (Å²) in [6, 6.07) is 26.0. The van der Waals surface area contributed by atoms with E-state index < -0.39 is 0 Å². The van der Waals surface area contributed by atoms with Crippen LogP contribution in [0.25, 0.3) is 22.5 Å². The van der Waals surface area contributed by atoms with Crippen LogP contribution in [0, 0.1) is 20.8 Å². The molecule has 0 fully saturated rings. The molecule has 1 heterocycles. The highest BCUT2D eigenvalue weighted by Gasteiger charge is 2.11. The van der Waals surface area contributed by atoms with E-state index in [4.69, 9.17) is 0 Å². The third kappa shape index (κ3) is 5.19. The summed E-state index contributed by atoms with van der Waals surface area (Å²) >= 11 is 0. The second kappa shape index (κ2) is 9.43. The number of nitrogens with zero attached hydrogens (tertiary/aromatic N) is 2. The maximum Gasteiger partial charge on any atom is 0.246 e. The minimum absolute atomic E-state index is 0.126. The maximum atomic E-state index is 12.6. The van der Waals surface area contributed by atoms with Gasteiger partial charge in [-0.05, 0) is 50.1 Å². The fourth-order valence-corrected chi connectivity index (χ4v) is 3.33. The Hall–Kier alpha value is -3.99. The number of anilines is 2. The summed E-state index contributed by atoms with van der Waals surface area (Å²) in [7, 11) is 0. The van der Waals surface area contributed by atoms with E-state index in [2.05, 4.69) is 34.4 Å². The molecule has 4 rings (SSSR count). The first kappa shape index (κ1) is 21.2. The van der Waals surface area contributed by atoms with Crippen molar-refractivity contribution in [2.45, 2.75) is 20.8 Å². The standard InChI is InChI=1S/C27H26N4O/c1-18-9-12-22(13-10-18)25-16-24(21-7-5-4-6-8-21)29-27(30-25)31-26(32)17-28-23-14-11-19(2)20(3)15-23/h4-16,28H,17H2,1-3H3,(H,29,30,31,32). The van der Waals surface area contributed by atoms with E-state index in [1.165, 1.54) is 16.7 Å². The van der Waals surface area contributed by atoms with Crippen molar-refractivity contribution in [2.24, 2.45) is 0 Å². The third-order valence-electron chi connectivity index (χ3n) is 5.35. The molecule has 1 aromatic heterocycles. The number of carbonyl (C=O) groups is 1. The average Bonchev–Trinajstić information content (AvgIpc) is 2.81. The largest absolute Gasteiger partial charge is 0.376 e. The SMILES string of the molecule is Cc1ccc(-c2cc(-c3ccccc3)nc(NC(=O)CNc3ccc(C)c(C)c3)n2)cc1. The van der Waals surface area contributed by atoms with Crippen molar-refractivity contribution >= 4 is 17.5 Å². The molecule has 4 aromatic rings. The Bertz CT molecular complexity index is 1230. The molecule has 32 heavy (non-hydrogen) atoms. The molecular weight excluding hydrogens is 396 g/mol. The lowest BCUT2D eigenvalue weighted by Gasteiger charge is -2.11. The molecule has 0 unspecified atom stereocenters. The van der Waals surface area contributed by atoms with Crippen molar-refractivity contribution in [1.29, 1.82) is 0 Å². The lowest BCUT2D eigenvalue weighted by Crippen LogP contribution is -2.23. The molecule has 0 saturated heterocycles. The molecule has 0 aliphatic rings. The second-order valence-electron chi connectivity index (χ2n) is 7.89. The molecular formula is C27H26N4O. The number of aromatic nitrogens is 2. The minimum Gasteiger partial charge on any atom is -0.376 e. The first-order valence-corrected chi connectivity index (χ1v) is 10.6. The molecule has 0 radical (unpaired) electrons. The van der Waals surface area contributed by atoms with Gasteiger partial charge >= 0.3 is 0 Å². The van der Waals surface area contributed by atoms with Crippen LogP contribution in [0.3, 0.4) is 0 Å². The maximum absolute atomic E-state index is 12.6. The lowest BCUT2D eigenvalue weighted by molar-refractivity contribution is -0.114. The van der Waals surface area contributed by atoms with E-state index in [1.54, 1.807) is 0 Å². The van der Waals surface area contributed by atoms with Crippen molar-refractivity contribution in [2.75, 3.05) is 17.2 Å². The molecule has 2 N–H and O–H groups in total. The molecule has 5 heteroatoms. The summed E-state index contributed by atoms with van der Waals surface area (Å²) in [5.74, 6) is 0.0807. The average molecular weight is 423 g/mol. The van der Waals surface area contributed by atoms with Crippen LogP contribution in [0.15, 0.2) is 78.9 Å². The van der Waals surface area contributed by atoms with Gasteiger partial charge < -0.3 is 5.32 Å². The zero-order valence-corrected chi connectivity index (χ0v) is 18.5. The van der Waals surface area contributed by atoms with Crippen LogP contribution in [0.2, 0.25) is 0 Å². The zero-order chi connectivity index (χ0) is 22.5. The van der Waals surface area contributed by atoms with Gasteiger partial charge in [-0.3, -0.25) is 10.1 Å². The first-order valence-electron chi connectivity index (χ1n) is 10.6. The normalized spacial score (nSPS) is 10.6. The molecule has 0 aliphatic heterocycles. The monoisotopic (exact) mass is 422 g/mol. The summed E-state index contributed by atoms with van der Waals surface area (Å²) in [5.41, 5.74) is 7.93. The van der Waals surface area contributed by atoms with E-state index in [0.717, 1.165) is 28.2 Å². The molecule has 160 valence electrons. The summed E-state index contributed by atoms with van der Waals surface area (Å²) in [4.78, 5) is 21.8. The lowest BCUT2D eigenvalue weighted by atomic mass is 10.1. The Morgan fingerprint density at radius 3 is 2.06 bits per heavy atom. The number of benzene rings is 3. The Kier molecular flexibility index (Phi) is 6.26. The molecule has 0 spiro atoms. The van der Waals surface area contributed by atoms with Crippen LogP contribution in [0.5, 0.6) is 0 Å². The first-order chi connectivity index (χ1) is 15.5. The van der Waals surface area contributed by atoms with Crippen LogP contribution in [0.4, 0.5) is 11.6 Å². The number of amides is 1. The topological polar surface area (TPSA) is 66.9 Å². The van der Waals surface area contributed by atoms with Gasteiger partial charge in [0.25, 0.3) is 0 Å². The highest BCUT2D eigenvalue weighted by Crippen LogP contribution is 2.25. The van der Waals surface area contributed by atoms with Crippen LogP contribution in [-0.4, -0.2) is 22.4 Å². The molecule has 3 aromatic carbocycles. The number of aryl methyl sites for hydroxylation is 3. The predicted molar refractivity (Wildman–Crippen MR) is 131 cm³/mol. The zero-order valence-electron chi connectivity index (χ0n) is 18.5. The fourth-order valence-electron chi connectivity index (χ4n) is 3.33. The number of hydrogen-bond acceptors (Lipinski definition) is 4. The Balaban J connectivity index is 1.57. The quantitative estimate of drug-likeness (QED) is 0.413. The molecule has 0 saturated carbocycles. The van der Waals surface area contributed by atoms with Gasteiger partial charge in [-0.2, -0.15) is 0 Å². The van der Waals surface area contributed by atoms with Gasteiger partial charge in [-0.1, -0.05) is 66.2 Å². The van der Waals surface area contributed by atoms with E-state index in [9.17, 15) is 4.79 Å². The summed E-state index contributed by atoms with van der Waals surface area (Å²) < 4.78 is 0. The number of carbonyl (C=O) groups excluding carboxylic acids is 1. The summed E-state index contributed by atoms with van der Waals surface area (Å²) in [5, 5.41) is 6.01. The Morgan fingerprint density at radius 2 is 1.41 bits per heavy atom. The van der Waals surface area contributed by atoms with Gasteiger partial charge in [0.2, 0.25) is 11.9 Å². The van der Waals surface area contributed by atoms with Crippen LogP contribution in [-0.2, 0) is 4.79 Å². The third-order valence-corrected chi connectivity index (χ3v) is 5.35. The van der Waals surface area contributed by atoms with E-state index >= 15 is 0 Å². The molecule has 0 atom stereocenters. The van der Waals surface area contributed by atoms with Gasteiger partial charge in [-0.25, -0.2) is 9.97 Å². The van der Waals surface area contributed by atoms with Crippen LogP contribution < -0.4 is 10.6 Å². The minimum atomic E-state index is -0.205. The summed E-state index contributed by atoms with van der Waals surface area (Å²) in [6.07, 6.45) is 0. The fraction of sp³-hybridized carbons (Fsp3) is 0.148. The Morgan fingerprint density at radius 1 is 0.750 bits per heavy atom. The van der Waals surface area contributed by atoms with Crippen molar-refractivity contribution < 1.29 is 4.79 Å². The van der Waals surface area contributed by atoms with Gasteiger partial charge in [0.05, 0.1) is 17.9 Å². The second-order valence-corrected chi connectivity index (χ2v) is 7.89. The molecule has 1 amide bonds. The number of nitrogens with one attached hydrogen (secondary N) is 2. The van der Waals surface area contributed by atoms with Crippen LogP contribution in [0.1, 0.15) is 16.7 Å². The van der Waals surface area contributed by atoms with Crippen LogP contribution >= 0.6 is 0 Å². The Labute approximate surface area is 188 Å². The van der Waals surface area contributed by atoms with Crippen molar-refractivity contribution in [1.82, 2.24) is 9.97 Å². The van der Waals surface area contributed by atoms with E-state index in [0.29, 0.717) is 0 Å². The predicted octanol–water partition coefficient (Wildman–Crippen LogP) is 5.79. The number of rotatable bonds is 6. The van der Waals surface area contributed by atoms with E-state index in [1.807, 2.05) is 85.8 Å². The molecule has 0 bridgehead atoms. The number of hydrogen-bond donors (Lipinski definition) is 2. The molecule has 0 aliphatic carbocycles. The molecule has 5 nitrogen and oxygen atoms in total. The van der Waals surface area contributed by atoms with Gasteiger partial charge in [0.1, 0.15) is 0 Å². The smallest absolute Gasteiger partial charge is 0.246 e. The van der Waals surface area contributed by atoms with E-state index in [-0.39, 0.29) is 18.4 Å². The summed E-state index contributed by atoms with van der Waals surface area (Å²) in [6.45, 7) is 6.29.